The normalized spacial score (nSPS) is 32.8. The molecule has 3 saturated carbocycles. The van der Waals surface area contributed by atoms with Crippen molar-refractivity contribution in [3.8, 4) is 0 Å². The molecule has 1 aromatic heterocycles. The Morgan fingerprint density at radius 1 is 0.889 bits per heavy atom. The van der Waals surface area contributed by atoms with Crippen molar-refractivity contribution in [2.75, 3.05) is 6.61 Å². The molecule has 8 rings (SSSR count). The predicted octanol–water partition coefficient (Wildman–Crippen LogP) is 6.27. The molecule has 11 atom stereocenters. The lowest BCUT2D eigenvalue weighted by atomic mass is 9.43. The Morgan fingerprint density at radius 3 is 2.11 bits per heavy atom. The van der Waals surface area contributed by atoms with Gasteiger partial charge in [0, 0.05) is 29.7 Å². The maximum absolute atomic E-state index is 15.8. The number of rotatable bonds is 11. The Balaban J connectivity index is 1.27. The zero-order chi connectivity index (χ0) is 45.2. The summed E-state index contributed by atoms with van der Waals surface area (Å²) < 4.78 is 37.4. The quantitative estimate of drug-likeness (QED) is 0.125. The van der Waals surface area contributed by atoms with E-state index in [0.29, 0.717) is 24.0 Å². The van der Waals surface area contributed by atoms with Crippen molar-refractivity contribution >= 4 is 35.6 Å². The van der Waals surface area contributed by atoms with Crippen molar-refractivity contribution in [1.82, 2.24) is 5.32 Å². The summed E-state index contributed by atoms with van der Waals surface area (Å²) in [6.07, 6.45) is -2.61. The Bertz CT molecular complexity index is 2320. The van der Waals surface area contributed by atoms with E-state index in [1.165, 1.54) is 13.2 Å². The van der Waals surface area contributed by atoms with Gasteiger partial charge in [-0.15, -0.1) is 0 Å². The molecule has 2 bridgehead atoms. The third kappa shape index (κ3) is 7.28. The summed E-state index contributed by atoms with van der Waals surface area (Å²) in [6.45, 7) is 11.2. The van der Waals surface area contributed by atoms with Gasteiger partial charge in [-0.2, -0.15) is 0 Å². The first-order valence-corrected chi connectivity index (χ1v) is 21.7. The second-order valence-corrected chi connectivity index (χ2v) is 18.8. The molecular formula is C49H55NO13. The molecule has 5 aliphatic rings. The fourth-order valence-electron chi connectivity index (χ4n) is 10.7. The maximum Gasteiger partial charge on any atom is 0.338 e. The number of hydrogen-bond donors (Lipinski definition) is 2. The van der Waals surface area contributed by atoms with Crippen LogP contribution in [0.1, 0.15) is 107 Å². The van der Waals surface area contributed by atoms with Gasteiger partial charge in [-0.3, -0.25) is 24.0 Å². The van der Waals surface area contributed by atoms with Crippen molar-refractivity contribution in [2.45, 2.75) is 116 Å². The molecule has 334 valence electrons. The third-order valence-electron chi connectivity index (χ3n) is 14.8. The average Bonchev–Trinajstić information content (AvgIpc) is 3.97. The molecule has 3 aromatic rings. The average molecular weight is 866 g/mol. The van der Waals surface area contributed by atoms with Crippen LogP contribution in [-0.2, 0) is 42.9 Å². The van der Waals surface area contributed by atoms with Crippen LogP contribution in [0, 0.1) is 34.5 Å². The third-order valence-corrected chi connectivity index (χ3v) is 14.8. The molecule has 1 saturated heterocycles. The molecule has 1 amide bonds. The van der Waals surface area contributed by atoms with E-state index in [9.17, 15) is 29.1 Å². The van der Waals surface area contributed by atoms with Crippen molar-refractivity contribution in [2.24, 2.45) is 34.5 Å². The number of hydrogen-bond acceptors (Lipinski definition) is 13. The molecule has 1 aliphatic heterocycles. The summed E-state index contributed by atoms with van der Waals surface area (Å²) in [5.41, 5.74) is -5.79. The molecule has 2 aromatic carbocycles. The van der Waals surface area contributed by atoms with Crippen LogP contribution in [0.5, 0.6) is 0 Å². The highest BCUT2D eigenvalue weighted by Crippen LogP contribution is 2.66. The molecule has 4 fully saturated rings. The second-order valence-electron chi connectivity index (χ2n) is 18.8. The maximum atomic E-state index is 15.8. The Kier molecular flexibility index (Phi) is 11.3. The van der Waals surface area contributed by atoms with Crippen LogP contribution in [0.25, 0.3) is 0 Å². The first-order valence-electron chi connectivity index (χ1n) is 21.7. The number of aliphatic hydroxyl groups is 1. The number of ether oxygens (including phenoxy) is 5. The zero-order valence-electron chi connectivity index (χ0n) is 36.6. The fraction of sp³-hybridized carbons (Fsp3) is 0.510. The lowest BCUT2D eigenvalue weighted by Gasteiger charge is -2.68. The lowest BCUT2D eigenvalue weighted by Crippen LogP contribution is -2.81. The van der Waals surface area contributed by atoms with E-state index in [1.807, 2.05) is 6.92 Å². The minimum Gasteiger partial charge on any atom is -0.467 e. The SMILES string of the molecule is CC(=O)OC1C(=O)C2(C)C(C)CC3OCC3(OC(=O)C3CC3)C2C(OC(=O)c2ccccc2)C2(O)CC(OC(=O)C(C)C(NC(=O)c3ccccc3)c3ccco3)C(C)=C1C2(C)C. The first kappa shape index (κ1) is 44.0. The number of nitrogens with one attached hydrogen (secondary N) is 1. The van der Waals surface area contributed by atoms with Crippen molar-refractivity contribution < 1.29 is 62.0 Å². The Morgan fingerprint density at radius 2 is 1.54 bits per heavy atom. The van der Waals surface area contributed by atoms with E-state index in [0.717, 1.165) is 0 Å². The molecular weight excluding hydrogens is 811 g/mol. The van der Waals surface area contributed by atoms with Crippen molar-refractivity contribution in [1.29, 1.82) is 0 Å². The lowest BCUT2D eigenvalue weighted by molar-refractivity contribution is -0.341. The molecule has 2 heterocycles. The predicted molar refractivity (Wildman–Crippen MR) is 223 cm³/mol. The summed E-state index contributed by atoms with van der Waals surface area (Å²) >= 11 is 0. The van der Waals surface area contributed by atoms with Crippen LogP contribution >= 0.6 is 0 Å². The van der Waals surface area contributed by atoms with Crippen LogP contribution in [0.2, 0.25) is 0 Å². The van der Waals surface area contributed by atoms with Crippen LogP contribution in [-0.4, -0.2) is 82.9 Å². The number of carbonyl (C=O) groups is 6. The first-order chi connectivity index (χ1) is 29.8. The van der Waals surface area contributed by atoms with E-state index in [-0.39, 0.29) is 42.3 Å². The largest absolute Gasteiger partial charge is 0.467 e. The van der Waals surface area contributed by atoms with Gasteiger partial charge in [0.15, 0.2) is 17.5 Å². The number of carbonyl (C=O) groups excluding carboxylic acids is 6. The highest BCUT2D eigenvalue weighted by molar-refractivity contribution is 5.96. The molecule has 11 unspecified atom stereocenters. The zero-order valence-corrected chi connectivity index (χ0v) is 36.6. The number of benzene rings is 2. The van der Waals surface area contributed by atoms with Crippen LogP contribution in [0.15, 0.2) is 94.6 Å². The topological polar surface area (TPSA) is 194 Å². The van der Waals surface area contributed by atoms with Crippen LogP contribution in [0.4, 0.5) is 0 Å². The summed E-state index contributed by atoms with van der Waals surface area (Å²) in [5.74, 6) is -6.77. The summed E-state index contributed by atoms with van der Waals surface area (Å²) in [7, 11) is 0. The number of fused-ring (bicyclic) bond motifs is 5. The van der Waals surface area contributed by atoms with E-state index in [4.69, 9.17) is 28.1 Å². The molecule has 14 nitrogen and oxygen atoms in total. The van der Waals surface area contributed by atoms with Gasteiger partial charge < -0.3 is 38.5 Å². The molecule has 0 radical (unpaired) electrons. The fourth-order valence-corrected chi connectivity index (χ4v) is 10.7. The van der Waals surface area contributed by atoms with Crippen LogP contribution < -0.4 is 5.32 Å². The van der Waals surface area contributed by atoms with Gasteiger partial charge in [0.25, 0.3) is 5.91 Å². The molecule has 63 heavy (non-hydrogen) atoms. The molecule has 4 aliphatic carbocycles. The van der Waals surface area contributed by atoms with E-state index >= 15 is 4.79 Å². The van der Waals surface area contributed by atoms with E-state index in [2.05, 4.69) is 5.32 Å². The van der Waals surface area contributed by atoms with Gasteiger partial charge in [0.2, 0.25) is 0 Å². The smallest absolute Gasteiger partial charge is 0.338 e. The molecule has 2 N–H and O–H groups in total. The highest BCUT2D eigenvalue weighted by atomic mass is 16.6. The second kappa shape index (κ2) is 16.2. The number of amides is 1. The van der Waals surface area contributed by atoms with Gasteiger partial charge in [-0.25, -0.2) is 4.79 Å². The van der Waals surface area contributed by atoms with Gasteiger partial charge >= 0.3 is 23.9 Å². The van der Waals surface area contributed by atoms with E-state index < -0.39 is 106 Å². The summed E-state index contributed by atoms with van der Waals surface area (Å²) in [6, 6.07) is 18.9. The summed E-state index contributed by atoms with van der Waals surface area (Å²) in [5, 5.41) is 16.8. The number of esters is 4. The standard InChI is InChI=1S/C49H55NO13/c1-26-23-35-48(25-59-35,63-45(56)32-20-21-32)39-41(62-44(55)31-17-12-9-13-18-31)49(57)24-34(27(2)36(46(49,5)6)38(60-29(4)51)40(52)47(26,39)7)61-43(54)28(3)37(33-19-14-22-58-33)50-42(53)30-15-10-8-11-16-30/h8-19,22,26,28,32,34-35,37-39,41,57H,20-21,23-25H2,1-7H3,(H,50,53). The van der Waals surface area contributed by atoms with Gasteiger partial charge in [0.1, 0.15) is 35.7 Å². The monoisotopic (exact) mass is 865 g/mol. The van der Waals surface area contributed by atoms with Gasteiger partial charge in [-0.05, 0) is 86.6 Å². The minimum atomic E-state index is -2.20. The number of furan rings is 1. The number of Topliss-reactive ketones (excluding diaryl/α,β-unsaturated/α-hetero) is 1. The van der Waals surface area contributed by atoms with Gasteiger partial charge in [-0.1, -0.05) is 64.1 Å². The highest BCUT2D eigenvalue weighted by Gasteiger charge is 2.78. The van der Waals surface area contributed by atoms with Gasteiger partial charge in [0.05, 0.1) is 36.2 Å². The molecule has 14 heteroatoms. The minimum absolute atomic E-state index is 0.148. The van der Waals surface area contributed by atoms with Crippen molar-refractivity contribution in [3.05, 3.63) is 107 Å². The van der Waals surface area contributed by atoms with E-state index in [1.54, 1.807) is 107 Å². The van der Waals surface area contributed by atoms with Crippen LogP contribution in [0.3, 0.4) is 0 Å². The Hall–Kier alpha value is -5.60. The number of ketones is 1. The summed E-state index contributed by atoms with van der Waals surface area (Å²) in [4.78, 5) is 85.2. The molecule has 0 spiro atoms. The van der Waals surface area contributed by atoms with Crippen molar-refractivity contribution in [3.63, 3.8) is 0 Å². The Labute approximate surface area is 366 Å².